The number of fused-ring (bicyclic) bond motifs is 1. The first-order valence-corrected chi connectivity index (χ1v) is 10.4. The van der Waals surface area contributed by atoms with E-state index >= 15 is 0 Å². The summed E-state index contributed by atoms with van der Waals surface area (Å²) in [6.07, 6.45) is 5.19. The number of carbonyl (C=O) groups excluding carboxylic acids is 1. The first-order chi connectivity index (χ1) is 14.1. The molecule has 1 amide bonds. The Labute approximate surface area is 171 Å². The second-order valence-electron chi connectivity index (χ2n) is 7.74. The van der Waals surface area contributed by atoms with Gasteiger partial charge in [0.2, 0.25) is 0 Å². The minimum Gasteiger partial charge on any atom is -0.376 e. The summed E-state index contributed by atoms with van der Waals surface area (Å²) < 4.78 is 8.06. The van der Waals surface area contributed by atoms with Gasteiger partial charge in [0.1, 0.15) is 0 Å². The second kappa shape index (κ2) is 8.33. The lowest BCUT2D eigenvalue weighted by Gasteiger charge is -2.14. The average Bonchev–Trinajstić information content (AvgIpc) is 3.39. The number of amides is 1. The zero-order chi connectivity index (χ0) is 20.4. The molecule has 0 unspecified atom stereocenters. The number of aromatic nitrogens is 1. The van der Waals surface area contributed by atoms with E-state index in [-0.39, 0.29) is 5.91 Å². The third kappa shape index (κ3) is 3.77. The van der Waals surface area contributed by atoms with Crippen LogP contribution in [0, 0.1) is 13.8 Å². The molecule has 4 rings (SSSR count). The third-order valence-electron chi connectivity index (χ3n) is 5.72. The number of benzene rings is 1. The van der Waals surface area contributed by atoms with Crippen LogP contribution < -0.4 is 4.90 Å². The molecule has 1 aromatic heterocycles. The van der Waals surface area contributed by atoms with Crippen molar-refractivity contribution in [2.45, 2.75) is 52.7 Å². The van der Waals surface area contributed by atoms with Gasteiger partial charge in [-0.1, -0.05) is 25.1 Å². The van der Waals surface area contributed by atoms with Crippen LogP contribution in [-0.2, 0) is 16.1 Å². The summed E-state index contributed by atoms with van der Waals surface area (Å²) in [6.45, 7) is 8.68. The summed E-state index contributed by atoms with van der Waals surface area (Å²) in [7, 11) is 0. The Hall–Kier alpha value is -2.73. The molecular formula is C23H28N4O2. The van der Waals surface area contributed by atoms with Crippen molar-refractivity contribution in [2.75, 3.05) is 18.1 Å². The van der Waals surface area contributed by atoms with Gasteiger partial charge in [0.05, 0.1) is 18.0 Å². The topological polar surface area (TPSA) is 59.2 Å². The Morgan fingerprint density at radius 1 is 1.28 bits per heavy atom. The van der Waals surface area contributed by atoms with Crippen LogP contribution in [0.4, 0.5) is 5.69 Å². The van der Waals surface area contributed by atoms with Gasteiger partial charge in [-0.2, -0.15) is 5.10 Å². The van der Waals surface area contributed by atoms with Crippen molar-refractivity contribution in [3.63, 3.8) is 0 Å². The highest BCUT2D eigenvalue weighted by Crippen LogP contribution is 2.29. The summed E-state index contributed by atoms with van der Waals surface area (Å²) >= 11 is 0. The van der Waals surface area contributed by atoms with Crippen LogP contribution in [0.3, 0.4) is 0 Å². The van der Waals surface area contributed by atoms with E-state index in [1.165, 1.54) is 5.69 Å². The molecule has 1 aromatic carbocycles. The number of nitrogens with zero attached hydrogens (tertiary/aromatic N) is 4. The first-order valence-electron chi connectivity index (χ1n) is 10.4. The van der Waals surface area contributed by atoms with Crippen molar-refractivity contribution in [1.29, 1.82) is 0 Å². The van der Waals surface area contributed by atoms with Crippen LogP contribution >= 0.6 is 0 Å². The number of rotatable bonds is 6. The van der Waals surface area contributed by atoms with Gasteiger partial charge in [0.25, 0.3) is 5.91 Å². The maximum Gasteiger partial charge on any atom is 0.279 e. The van der Waals surface area contributed by atoms with Crippen LogP contribution in [0.15, 0.2) is 40.5 Å². The Balaban J connectivity index is 1.57. The molecule has 0 aliphatic carbocycles. The summed E-state index contributed by atoms with van der Waals surface area (Å²) in [6, 6.07) is 9.89. The molecule has 0 spiro atoms. The highest BCUT2D eigenvalue weighted by Gasteiger charge is 2.33. The Morgan fingerprint density at radius 2 is 2.10 bits per heavy atom. The van der Waals surface area contributed by atoms with Gasteiger partial charge in [0, 0.05) is 42.2 Å². The number of aryl methyl sites for hydroxylation is 1. The van der Waals surface area contributed by atoms with Gasteiger partial charge >= 0.3 is 0 Å². The molecule has 2 aromatic rings. The van der Waals surface area contributed by atoms with E-state index < -0.39 is 0 Å². The van der Waals surface area contributed by atoms with E-state index in [2.05, 4.69) is 41.6 Å². The van der Waals surface area contributed by atoms with Crippen molar-refractivity contribution >= 4 is 23.5 Å². The lowest BCUT2D eigenvalue weighted by Crippen LogP contribution is -2.30. The Morgan fingerprint density at radius 3 is 2.86 bits per heavy atom. The van der Waals surface area contributed by atoms with Crippen molar-refractivity contribution in [2.24, 2.45) is 10.2 Å². The number of ether oxygens (including phenoxy) is 1. The summed E-state index contributed by atoms with van der Waals surface area (Å²) in [5.74, 6) is -0.0749. The molecule has 1 fully saturated rings. The maximum atomic E-state index is 12.8. The number of anilines is 1. The number of hydrogen-bond donors (Lipinski definition) is 0. The number of carbonyl (C=O) groups is 1. The normalized spacial score (nSPS) is 20.4. The van der Waals surface area contributed by atoms with Crippen LogP contribution in [0.25, 0.3) is 0 Å². The first kappa shape index (κ1) is 19.6. The molecule has 29 heavy (non-hydrogen) atoms. The summed E-state index contributed by atoms with van der Waals surface area (Å²) in [4.78, 5) is 14.6. The Kier molecular flexibility index (Phi) is 5.62. The lowest BCUT2D eigenvalue weighted by molar-refractivity contribution is -0.112. The standard InChI is InChI=1S/C23H28N4O2/c1-4-11-26-21-10-6-5-9-20(21)22(23(26)28)25-24-14-18-13-16(2)27(17(18)3)15-19-8-7-12-29-19/h5-6,9-10,13-14,19H,4,7-8,11-12,15H2,1-3H3/b24-14-,25-22+/t19-/m1/s1. The average molecular weight is 393 g/mol. The van der Waals surface area contributed by atoms with E-state index in [1.807, 2.05) is 24.3 Å². The fourth-order valence-corrected chi connectivity index (χ4v) is 4.18. The number of hydrogen-bond acceptors (Lipinski definition) is 4. The van der Waals surface area contributed by atoms with Gasteiger partial charge in [0.15, 0.2) is 5.71 Å². The van der Waals surface area contributed by atoms with Gasteiger partial charge < -0.3 is 14.2 Å². The van der Waals surface area contributed by atoms with Gasteiger partial charge in [-0.15, -0.1) is 5.10 Å². The van der Waals surface area contributed by atoms with Crippen molar-refractivity contribution in [3.05, 3.63) is 52.8 Å². The molecule has 0 saturated carbocycles. The van der Waals surface area contributed by atoms with Gasteiger partial charge in [-0.05, 0) is 45.2 Å². The minimum absolute atomic E-state index is 0.0749. The van der Waals surface area contributed by atoms with E-state index in [0.717, 1.165) is 54.9 Å². The Bertz CT molecular complexity index is 967. The van der Waals surface area contributed by atoms with E-state index in [0.29, 0.717) is 18.4 Å². The molecule has 3 heterocycles. The molecule has 0 N–H and O–H groups in total. The van der Waals surface area contributed by atoms with Crippen LogP contribution in [0.1, 0.15) is 48.7 Å². The molecular weight excluding hydrogens is 364 g/mol. The van der Waals surface area contributed by atoms with Crippen molar-refractivity contribution in [3.8, 4) is 0 Å². The summed E-state index contributed by atoms with van der Waals surface area (Å²) in [5, 5.41) is 8.60. The second-order valence-corrected chi connectivity index (χ2v) is 7.74. The SMILES string of the molecule is CCCN1C(=O)/C(=N/N=C\c2cc(C)n(C[C@H]3CCCO3)c2C)c2ccccc21. The molecule has 1 atom stereocenters. The highest BCUT2D eigenvalue weighted by atomic mass is 16.5. The monoisotopic (exact) mass is 392 g/mol. The van der Waals surface area contributed by atoms with E-state index in [9.17, 15) is 4.79 Å². The zero-order valence-corrected chi connectivity index (χ0v) is 17.4. The van der Waals surface area contributed by atoms with Crippen LogP contribution in [0.2, 0.25) is 0 Å². The lowest BCUT2D eigenvalue weighted by atomic mass is 10.1. The van der Waals surface area contributed by atoms with E-state index in [1.54, 1.807) is 11.1 Å². The van der Waals surface area contributed by atoms with Crippen molar-refractivity contribution in [1.82, 2.24) is 4.57 Å². The van der Waals surface area contributed by atoms with Gasteiger partial charge in [-0.3, -0.25) is 4.79 Å². The smallest absolute Gasteiger partial charge is 0.279 e. The minimum atomic E-state index is -0.0749. The molecule has 1 saturated heterocycles. The predicted molar refractivity (Wildman–Crippen MR) is 116 cm³/mol. The molecule has 6 nitrogen and oxygen atoms in total. The zero-order valence-electron chi connectivity index (χ0n) is 17.4. The van der Waals surface area contributed by atoms with E-state index in [4.69, 9.17) is 4.74 Å². The molecule has 0 bridgehead atoms. The quantitative estimate of drug-likeness (QED) is 0.554. The van der Waals surface area contributed by atoms with Gasteiger partial charge in [-0.25, -0.2) is 0 Å². The maximum absolute atomic E-state index is 12.8. The third-order valence-corrected chi connectivity index (χ3v) is 5.72. The fraction of sp³-hybridized carbons (Fsp3) is 0.435. The molecule has 2 aliphatic heterocycles. The highest BCUT2D eigenvalue weighted by molar-refractivity contribution is 6.54. The van der Waals surface area contributed by atoms with Crippen LogP contribution in [-0.4, -0.2) is 41.7 Å². The van der Waals surface area contributed by atoms with Crippen molar-refractivity contribution < 1.29 is 9.53 Å². The molecule has 0 radical (unpaired) electrons. The van der Waals surface area contributed by atoms with Crippen LogP contribution in [0.5, 0.6) is 0 Å². The molecule has 6 heteroatoms. The predicted octanol–water partition coefficient (Wildman–Crippen LogP) is 3.86. The fourth-order valence-electron chi connectivity index (χ4n) is 4.18. The largest absolute Gasteiger partial charge is 0.376 e. The molecule has 152 valence electrons. The summed E-state index contributed by atoms with van der Waals surface area (Å²) in [5.41, 5.74) is 5.54. The number of para-hydroxylation sites is 1. The molecule has 2 aliphatic rings.